The van der Waals surface area contributed by atoms with Crippen molar-refractivity contribution in [3.8, 4) is 11.5 Å². The fraction of sp³-hybridized carbons (Fsp3) is 0.316. The van der Waals surface area contributed by atoms with Crippen LogP contribution in [0.4, 0.5) is 0 Å². The van der Waals surface area contributed by atoms with E-state index in [0.717, 1.165) is 22.2 Å². The third-order valence-electron chi connectivity index (χ3n) is 5.08. The van der Waals surface area contributed by atoms with Crippen molar-refractivity contribution >= 4 is 40.0 Å². The number of benzene rings is 1. The molecule has 1 aromatic carbocycles. The lowest BCUT2D eigenvalue weighted by Gasteiger charge is -2.33. The summed E-state index contributed by atoms with van der Waals surface area (Å²) in [5.74, 6) is 1.00. The molecule has 1 N–H and O–H groups in total. The minimum absolute atomic E-state index is 0.129. The zero-order valence-corrected chi connectivity index (χ0v) is 17.1. The van der Waals surface area contributed by atoms with Crippen molar-refractivity contribution in [3.05, 3.63) is 45.6 Å². The number of rotatable bonds is 3. The van der Waals surface area contributed by atoms with Gasteiger partial charge in [0.2, 0.25) is 5.82 Å². The summed E-state index contributed by atoms with van der Waals surface area (Å²) >= 11 is 12.6. The molecule has 146 valence electrons. The van der Waals surface area contributed by atoms with Gasteiger partial charge in [0.1, 0.15) is 5.75 Å². The number of nitrogens with one attached hydrogen (secondary N) is 1. The third-order valence-corrected chi connectivity index (χ3v) is 5.87. The van der Waals surface area contributed by atoms with Gasteiger partial charge >= 0.3 is 0 Å². The van der Waals surface area contributed by atoms with Crippen LogP contribution in [0.2, 0.25) is 10.0 Å². The number of carbonyl (C=O) groups is 1. The number of hydrogen-bond donors (Lipinski definition) is 1. The second kappa shape index (κ2) is 7.14. The molecule has 1 atom stereocenters. The quantitative estimate of drug-likeness (QED) is 0.691. The Hall–Kier alpha value is -2.51. The molecule has 1 amide bonds. The Labute approximate surface area is 171 Å². The van der Waals surface area contributed by atoms with Gasteiger partial charge in [0, 0.05) is 35.7 Å². The van der Waals surface area contributed by atoms with Crippen molar-refractivity contribution in [2.45, 2.75) is 19.4 Å². The third kappa shape index (κ3) is 2.86. The van der Waals surface area contributed by atoms with Crippen LogP contribution in [0.5, 0.6) is 11.5 Å². The second-order valence-electron chi connectivity index (χ2n) is 6.51. The molecule has 9 heteroatoms. The van der Waals surface area contributed by atoms with Crippen molar-refractivity contribution in [3.63, 3.8) is 0 Å². The van der Waals surface area contributed by atoms with E-state index in [0.29, 0.717) is 34.5 Å². The molecule has 2 aromatic heterocycles. The Bertz CT molecular complexity index is 1070. The fourth-order valence-corrected chi connectivity index (χ4v) is 4.09. The van der Waals surface area contributed by atoms with Crippen LogP contribution >= 0.6 is 23.2 Å². The summed E-state index contributed by atoms with van der Waals surface area (Å²) in [5, 5.41) is 1.69. The van der Waals surface area contributed by atoms with Gasteiger partial charge in [0.05, 0.1) is 48.2 Å². The van der Waals surface area contributed by atoms with Crippen LogP contribution in [0, 0.1) is 0 Å². The monoisotopic (exact) mass is 420 g/mol. The van der Waals surface area contributed by atoms with E-state index in [4.69, 9.17) is 32.7 Å². The lowest BCUT2D eigenvalue weighted by Crippen LogP contribution is -2.39. The maximum atomic E-state index is 13.0. The van der Waals surface area contributed by atoms with Gasteiger partial charge in [-0.2, -0.15) is 0 Å². The predicted octanol–water partition coefficient (Wildman–Crippen LogP) is 4.04. The van der Waals surface area contributed by atoms with Crippen LogP contribution in [0.1, 0.15) is 34.8 Å². The van der Waals surface area contributed by atoms with Gasteiger partial charge in [-0.1, -0.05) is 23.2 Å². The highest BCUT2D eigenvalue weighted by molar-refractivity contribution is 6.45. The number of amides is 1. The first-order valence-electron chi connectivity index (χ1n) is 8.69. The molecule has 28 heavy (non-hydrogen) atoms. The summed E-state index contributed by atoms with van der Waals surface area (Å²) in [4.78, 5) is 26.4. The minimum atomic E-state index is -0.241. The summed E-state index contributed by atoms with van der Waals surface area (Å²) in [6, 6.07) is 1.47. The zero-order chi connectivity index (χ0) is 20.0. The molecule has 4 rings (SSSR count). The van der Waals surface area contributed by atoms with Gasteiger partial charge in [0.15, 0.2) is 5.75 Å². The standard InChI is InChI=1S/C19H18Cl2N4O3/c1-9-14-12(24-17-15(14)13(28-3)6-11(20)16(17)21)4-5-25(9)19(26)18-22-7-10(27-2)8-23-18/h6-9,24H,4-5H2,1-3H3/t9-/m1/s1. The smallest absolute Gasteiger partial charge is 0.292 e. The summed E-state index contributed by atoms with van der Waals surface area (Å²) in [5.41, 5.74) is 2.71. The van der Waals surface area contributed by atoms with Crippen molar-refractivity contribution in [1.82, 2.24) is 19.9 Å². The molecule has 0 radical (unpaired) electrons. The van der Waals surface area contributed by atoms with E-state index in [9.17, 15) is 4.79 Å². The predicted molar refractivity (Wildman–Crippen MR) is 107 cm³/mol. The van der Waals surface area contributed by atoms with Crippen LogP contribution < -0.4 is 9.47 Å². The summed E-state index contributed by atoms with van der Waals surface area (Å²) in [6.07, 6.45) is 3.61. The highest BCUT2D eigenvalue weighted by Crippen LogP contribution is 2.44. The van der Waals surface area contributed by atoms with Crippen LogP contribution in [-0.2, 0) is 6.42 Å². The van der Waals surface area contributed by atoms with Gasteiger partial charge in [-0.3, -0.25) is 4.79 Å². The molecule has 0 bridgehead atoms. The van der Waals surface area contributed by atoms with Crippen molar-refractivity contribution in [2.75, 3.05) is 20.8 Å². The van der Waals surface area contributed by atoms with Crippen LogP contribution in [0.15, 0.2) is 18.5 Å². The van der Waals surface area contributed by atoms with Crippen LogP contribution in [0.3, 0.4) is 0 Å². The Morgan fingerprint density at radius 3 is 2.61 bits per heavy atom. The van der Waals surface area contributed by atoms with Gasteiger partial charge in [-0.25, -0.2) is 9.97 Å². The molecule has 0 unspecified atom stereocenters. The molecule has 3 heterocycles. The van der Waals surface area contributed by atoms with E-state index in [1.54, 1.807) is 18.1 Å². The number of halogens is 2. The number of fused-ring (bicyclic) bond motifs is 3. The number of aromatic amines is 1. The van der Waals surface area contributed by atoms with Gasteiger partial charge in [0.25, 0.3) is 5.91 Å². The van der Waals surface area contributed by atoms with E-state index in [-0.39, 0.29) is 17.8 Å². The molecule has 1 aliphatic heterocycles. The Morgan fingerprint density at radius 2 is 1.96 bits per heavy atom. The number of methoxy groups -OCH3 is 2. The van der Waals surface area contributed by atoms with Crippen molar-refractivity contribution in [1.29, 1.82) is 0 Å². The molecule has 3 aromatic rings. The van der Waals surface area contributed by atoms with Crippen LogP contribution in [-0.4, -0.2) is 46.5 Å². The average molecular weight is 421 g/mol. The first kappa shape index (κ1) is 18.8. The van der Waals surface area contributed by atoms with Gasteiger partial charge < -0.3 is 19.4 Å². The number of aromatic nitrogens is 3. The minimum Gasteiger partial charge on any atom is -0.496 e. The zero-order valence-electron chi connectivity index (χ0n) is 15.5. The Balaban J connectivity index is 1.78. The van der Waals surface area contributed by atoms with Gasteiger partial charge in [-0.15, -0.1) is 0 Å². The fourth-order valence-electron chi connectivity index (χ4n) is 3.70. The summed E-state index contributed by atoms with van der Waals surface area (Å²) < 4.78 is 10.6. The number of ether oxygens (including phenoxy) is 2. The molecule has 0 saturated carbocycles. The molecule has 0 spiro atoms. The number of H-pyrrole nitrogens is 1. The average Bonchev–Trinajstić information content (AvgIpc) is 3.11. The van der Waals surface area contributed by atoms with Crippen molar-refractivity contribution in [2.24, 2.45) is 0 Å². The van der Waals surface area contributed by atoms with E-state index >= 15 is 0 Å². The first-order valence-corrected chi connectivity index (χ1v) is 9.45. The van der Waals surface area contributed by atoms with E-state index in [1.807, 2.05) is 6.92 Å². The summed E-state index contributed by atoms with van der Waals surface area (Å²) in [6.45, 7) is 2.50. The molecule has 0 aliphatic carbocycles. The lowest BCUT2D eigenvalue weighted by atomic mass is 9.96. The maximum Gasteiger partial charge on any atom is 0.292 e. The highest BCUT2D eigenvalue weighted by atomic mass is 35.5. The SMILES string of the molecule is COc1cnc(C(=O)N2CCc3[nH]c4c(Cl)c(Cl)cc(OC)c4c3[C@H]2C)nc1. The van der Waals surface area contributed by atoms with E-state index < -0.39 is 0 Å². The molecule has 7 nitrogen and oxygen atoms in total. The first-order chi connectivity index (χ1) is 13.5. The largest absolute Gasteiger partial charge is 0.496 e. The summed E-state index contributed by atoms with van der Waals surface area (Å²) in [7, 11) is 3.11. The highest BCUT2D eigenvalue weighted by Gasteiger charge is 2.34. The Morgan fingerprint density at radius 1 is 1.25 bits per heavy atom. The number of nitrogens with zero attached hydrogens (tertiary/aromatic N) is 3. The number of hydrogen-bond acceptors (Lipinski definition) is 5. The molecular formula is C19H18Cl2N4O3. The maximum absolute atomic E-state index is 13.0. The normalized spacial score (nSPS) is 16.2. The molecule has 0 fully saturated rings. The molecule has 1 aliphatic rings. The molecule has 0 saturated heterocycles. The molecular weight excluding hydrogens is 403 g/mol. The van der Waals surface area contributed by atoms with Crippen LogP contribution in [0.25, 0.3) is 10.9 Å². The lowest BCUT2D eigenvalue weighted by molar-refractivity contribution is 0.0665. The van der Waals surface area contributed by atoms with Crippen molar-refractivity contribution < 1.29 is 14.3 Å². The van der Waals surface area contributed by atoms with E-state index in [1.165, 1.54) is 19.5 Å². The van der Waals surface area contributed by atoms with E-state index in [2.05, 4.69) is 15.0 Å². The topological polar surface area (TPSA) is 80.3 Å². The van der Waals surface area contributed by atoms with Gasteiger partial charge in [-0.05, 0) is 6.92 Å². The number of carbonyl (C=O) groups excluding carboxylic acids is 1. The second-order valence-corrected chi connectivity index (χ2v) is 7.30. The Kier molecular flexibility index (Phi) is 4.81.